The van der Waals surface area contributed by atoms with Crippen LogP contribution in [-0.4, -0.2) is 42.4 Å². The molecule has 27 heavy (non-hydrogen) atoms. The van der Waals surface area contributed by atoms with Crippen molar-refractivity contribution in [2.45, 2.75) is 13.0 Å². The van der Waals surface area contributed by atoms with Crippen LogP contribution in [0.15, 0.2) is 48.5 Å². The average molecular weight is 371 g/mol. The highest BCUT2D eigenvalue weighted by atomic mass is 16.6. The van der Waals surface area contributed by atoms with Crippen molar-refractivity contribution in [3.05, 3.63) is 69.8 Å². The fourth-order valence-electron chi connectivity index (χ4n) is 2.50. The van der Waals surface area contributed by atoms with Gasteiger partial charge >= 0.3 is 5.97 Å². The minimum Gasteiger partial charge on any atom is -0.452 e. The lowest BCUT2D eigenvalue weighted by Crippen LogP contribution is -2.33. The van der Waals surface area contributed by atoms with E-state index in [2.05, 4.69) is 5.32 Å². The van der Waals surface area contributed by atoms with Gasteiger partial charge in [0.1, 0.15) is 5.69 Å². The largest absolute Gasteiger partial charge is 0.452 e. The molecule has 0 spiro atoms. The zero-order valence-corrected chi connectivity index (χ0v) is 15.3. The summed E-state index contributed by atoms with van der Waals surface area (Å²) in [6.45, 7) is 1.42. The predicted molar refractivity (Wildman–Crippen MR) is 101 cm³/mol. The lowest BCUT2D eigenvalue weighted by atomic mass is 10.1. The number of carbonyl (C=O) groups is 2. The summed E-state index contributed by atoms with van der Waals surface area (Å²) in [5, 5.41) is 13.8. The van der Waals surface area contributed by atoms with Crippen LogP contribution < -0.4 is 5.32 Å². The molecular formula is C19H21N3O5. The highest BCUT2D eigenvalue weighted by Crippen LogP contribution is 2.25. The van der Waals surface area contributed by atoms with Crippen LogP contribution in [0.1, 0.15) is 28.9 Å². The van der Waals surface area contributed by atoms with Crippen molar-refractivity contribution in [1.29, 1.82) is 0 Å². The minimum absolute atomic E-state index is 0.00672. The highest BCUT2D eigenvalue weighted by Gasteiger charge is 2.21. The van der Waals surface area contributed by atoms with E-state index in [4.69, 9.17) is 4.74 Å². The van der Waals surface area contributed by atoms with Crippen LogP contribution in [-0.2, 0) is 9.53 Å². The number of ether oxygens (including phenoxy) is 1. The Balaban J connectivity index is 2.01. The summed E-state index contributed by atoms with van der Waals surface area (Å²) in [4.78, 5) is 36.4. The summed E-state index contributed by atoms with van der Waals surface area (Å²) in [6, 6.07) is 13.2. The molecule has 0 saturated heterocycles. The number of hydrogen-bond donors (Lipinski definition) is 1. The van der Waals surface area contributed by atoms with E-state index >= 15 is 0 Å². The number of amides is 1. The first-order chi connectivity index (χ1) is 12.8. The topological polar surface area (TPSA) is 102 Å². The Morgan fingerprint density at radius 3 is 2.48 bits per heavy atom. The molecule has 0 aliphatic carbocycles. The van der Waals surface area contributed by atoms with E-state index in [1.54, 1.807) is 14.1 Å². The van der Waals surface area contributed by atoms with E-state index in [1.165, 1.54) is 17.0 Å². The Bertz CT molecular complexity index is 838. The maximum Gasteiger partial charge on any atom is 0.338 e. The van der Waals surface area contributed by atoms with Crippen molar-refractivity contribution >= 4 is 23.3 Å². The number of nitrogens with zero attached hydrogens (tertiary/aromatic N) is 2. The number of nitro benzene ring substituents is 1. The molecule has 0 aliphatic heterocycles. The second-order valence-corrected chi connectivity index (χ2v) is 5.91. The lowest BCUT2D eigenvalue weighted by molar-refractivity contribution is -0.384. The lowest BCUT2D eigenvalue weighted by Gasteiger charge is -2.25. The molecule has 142 valence electrons. The number of benzene rings is 2. The van der Waals surface area contributed by atoms with Crippen LogP contribution in [0.5, 0.6) is 0 Å². The van der Waals surface area contributed by atoms with E-state index in [1.807, 2.05) is 37.3 Å². The quantitative estimate of drug-likeness (QED) is 0.456. The van der Waals surface area contributed by atoms with Crippen molar-refractivity contribution in [2.75, 3.05) is 26.0 Å². The summed E-state index contributed by atoms with van der Waals surface area (Å²) in [5.41, 5.74) is 1.00. The maximum absolute atomic E-state index is 12.3. The third kappa shape index (κ3) is 4.81. The van der Waals surface area contributed by atoms with Crippen LogP contribution in [0.2, 0.25) is 0 Å². The molecule has 0 radical (unpaired) electrons. The van der Waals surface area contributed by atoms with Crippen molar-refractivity contribution in [3.63, 3.8) is 0 Å². The fourth-order valence-corrected chi connectivity index (χ4v) is 2.50. The van der Waals surface area contributed by atoms with Crippen LogP contribution in [0.4, 0.5) is 11.4 Å². The summed E-state index contributed by atoms with van der Waals surface area (Å²) in [7, 11) is 3.17. The summed E-state index contributed by atoms with van der Waals surface area (Å²) in [6.07, 6.45) is 0. The molecular weight excluding hydrogens is 350 g/mol. The van der Waals surface area contributed by atoms with Crippen LogP contribution in [0.25, 0.3) is 0 Å². The molecule has 0 aliphatic rings. The zero-order chi connectivity index (χ0) is 20.0. The average Bonchev–Trinajstić information content (AvgIpc) is 2.70. The molecule has 0 unspecified atom stereocenters. The van der Waals surface area contributed by atoms with Gasteiger partial charge < -0.3 is 15.0 Å². The molecule has 0 heterocycles. The van der Waals surface area contributed by atoms with Gasteiger partial charge in [-0.2, -0.15) is 0 Å². The van der Waals surface area contributed by atoms with Gasteiger partial charge in [-0.25, -0.2) is 4.79 Å². The zero-order valence-electron chi connectivity index (χ0n) is 15.3. The molecule has 8 heteroatoms. The molecule has 2 aromatic rings. The van der Waals surface area contributed by atoms with E-state index in [0.717, 1.165) is 11.6 Å². The molecule has 0 fully saturated rings. The smallest absolute Gasteiger partial charge is 0.338 e. The molecule has 2 rings (SSSR count). The molecule has 0 aromatic heterocycles. The Morgan fingerprint density at radius 2 is 1.89 bits per heavy atom. The number of carbonyl (C=O) groups excluding carboxylic acids is 2. The van der Waals surface area contributed by atoms with Crippen molar-refractivity contribution in [1.82, 2.24) is 4.90 Å². The van der Waals surface area contributed by atoms with Gasteiger partial charge in [0.15, 0.2) is 6.61 Å². The highest BCUT2D eigenvalue weighted by molar-refractivity contribution is 5.93. The monoisotopic (exact) mass is 371 g/mol. The Morgan fingerprint density at radius 1 is 1.22 bits per heavy atom. The Kier molecular flexibility index (Phi) is 6.48. The van der Waals surface area contributed by atoms with Crippen molar-refractivity contribution in [2.24, 2.45) is 0 Å². The predicted octanol–water partition coefficient (Wildman–Crippen LogP) is 3.01. The second-order valence-electron chi connectivity index (χ2n) is 5.91. The first-order valence-corrected chi connectivity index (χ1v) is 8.29. The Hall–Kier alpha value is -3.42. The third-order valence-electron chi connectivity index (χ3n) is 4.28. The standard InChI is InChI=1S/C19H21N3O5/c1-13(14-7-5-4-6-8-14)21(3)18(23)12-27-19(24)15-9-10-16(20-2)17(11-15)22(25)26/h4-11,13,20H,12H2,1-3H3/t13-/m0/s1. The SMILES string of the molecule is CNc1ccc(C(=O)OCC(=O)N(C)[C@@H](C)c2ccccc2)cc1[N+](=O)[O-]. The number of rotatable bonds is 7. The van der Waals surface area contributed by atoms with Crippen molar-refractivity contribution < 1.29 is 19.2 Å². The van der Waals surface area contributed by atoms with E-state index in [-0.39, 0.29) is 28.9 Å². The first kappa shape index (κ1) is 19.9. The van der Waals surface area contributed by atoms with Gasteiger partial charge in [-0.3, -0.25) is 14.9 Å². The third-order valence-corrected chi connectivity index (χ3v) is 4.28. The normalized spacial score (nSPS) is 11.4. The number of hydrogen-bond acceptors (Lipinski definition) is 6. The van der Waals surface area contributed by atoms with Crippen LogP contribution >= 0.6 is 0 Å². The van der Waals surface area contributed by atoms with Gasteiger partial charge in [0.05, 0.1) is 16.5 Å². The maximum atomic E-state index is 12.3. The van der Waals surface area contributed by atoms with E-state index in [9.17, 15) is 19.7 Å². The van der Waals surface area contributed by atoms with Gasteiger partial charge in [-0.05, 0) is 24.6 Å². The number of likely N-dealkylation sites (N-methyl/N-ethyl adjacent to an activating group) is 1. The summed E-state index contributed by atoms with van der Waals surface area (Å²) >= 11 is 0. The van der Waals surface area contributed by atoms with E-state index < -0.39 is 17.5 Å². The molecule has 1 N–H and O–H groups in total. The van der Waals surface area contributed by atoms with Gasteiger partial charge in [-0.15, -0.1) is 0 Å². The minimum atomic E-state index is -0.796. The number of nitrogens with one attached hydrogen (secondary N) is 1. The van der Waals surface area contributed by atoms with Gasteiger partial charge in [0.25, 0.3) is 11.6 Å². The van der Waals surface area contributed by atoms with Gasteiger partial charge in [-0.1, -0.05) is 30.3 Å². The molecule has 0 saturated carbocycles. The first-order valence-electron chi connectivity index (χ1n) is 8.29. The fraction of sp³-hybridized carbons (Fsp3) is 0.263. The molecule has 0 bridgehead atoms. The summed E-state index contributed by atoms with van der Waals surface area (Å²) < 4.78 is 5.03. The van der Waals surface area contributed by atoms with Gasteiger partial charge in [0.2, 0.25) is 0 Å². The number of anilines is 1. The Labute approximate surface area is 156 Å². The molecule has 1 atom stereocenters. The molecule has 1 amide bonds. The molecule has 2 aromatic carbocycles. The number of nitro groups is 1. The van der Waals surface area contributed by atoms with Crippen LogP contribution in [0.3, 0.4) is 0 Å². The summed E-state index contributed by atoms with van der Waals surface area (Å²) in [5.74, 6) is -1.17. The molecule has 8 nitrogen and oxygen atoms in total. The van der Waals surface area contributed by atoms with E-state index in [0.29, 0.717) is 0 Å². The van der Waals surface area contributed by atoms with Gasteiger partial charge in [0, 0.05) is 20.2 Å². The number of esters is 1. The van der Waals surface area contributed by atoms with Crippen molar-refractivity contribution in [3.8, 4) is 0 Å². The van der Waals surface area contributed by atoms with Crippen LogP contribution in [0, 0.1) is 10.1 Å². The second kappa shape index (κ2) is 8.79.